The van der Waals surface area contributed by atoms with Crippen LogP contribution in [0.2, 0.25) is 0 Å². The zero-order valence-electron chi connectivity index (χ0n) is 11.3. The Morgan fingerprint density at radius 1 is 1.21 bits per heavy atom. The molecule has 0 saturated carbocycles. The summed E-state index contributed by atoms with van der Waals surface area (Å²) < 4.78 is 30.7. The Balaban J connectivity index is 2.62. The lowest BCUT2D eigenvalue weighted by Gasteiger charge is -2.17. The quantitative estimate of drug-likeness (QED) is 0.546. The molecule has 0 spiro atoms. The van der Waals surface area contributed by atoms with Gasteiger partial charge in [0.05, 0.1) is 12.4 Å². The summed E-state index contributed by atoms with van der Waals surface area (Å²) in [7, 11) is -1.72. The number of likely N-dealkylation sites (N-methyl/N-ethyl adjacent to an activating group) is 1. The Morgan fingerprint density at radius 3 is 2.32 bits per heavy atom. The van der Waals surface area contributed by atoms with Gasteiger partial charge in [-0.3, -0.25) is 0 Å². The van der Waals surface area contributed by atoms with Crippen molar-refractivity contribution in [3.63, 3.8) is 0 Å². The van der Waals surface area contributed by atoms with Crippen molar-refractivity contribution < 1.29 is 13.2 Å². The number of halogens is 1. The standard InChI is InChI=1S/C13H20ClNO3S/c1-3-18-9-8-15(2)19(16,17)11-13-6-4-12(10-14)5-7-13/h4-7H,3,8-11H2,1-2H3. The van der Waals surface area contributed by atoms with Gasteiger partial charge in [0.15, 0.2) is 0 Å². The van der Waals surface area contributed by atoms with Crippen LogP contribution in [-0.4, -0.2) is 39.5 Å². The van der Waals surface area contributed by atoms with E-state index in [0.717, 1.165) is 11.1 Å². The lowest BCUT2D eigenvalue weighted by molar-refractivity contribution is 0.138. The molecule has 0 radical (unpaired) electrons. The number of benzene rings is 1. The molecule has 6 heteroatoms. The fourth-order valence-corrected chi connectivity index (χ4v) is 2.89. The molecule has 0 N–H and O–H groups in total. The van der Waals surface area contributed by atoms with Crippen LogP contribution in [0.15, 0.2) is 24.3 Å². The van der Waals surface area contributed by atoms with Gasteiger partial charge in [0.2, 0.25) is 10.0 Å². The molecule has 1 aromatic rings. The van der Waals surface area contributed by atoms with Gasteiger partial charge >= 0.3 is 0 Å². The third-order valence-corrected chi connectivity index (χ3v) is 4.89. The molecule has 0 unspecified atom stereocenters. The van der Waals surface area contributed by atoms with E-state index >= 15 is 0 Å². The lowest BCUT2D eigenvalue weighted by atomic mass is 10.2. The van der Waals surface area contributed by atoms with Gasteiger partial charge < -0.3 is 4.74 Å². The number of hydrogen-bond donors (Lipinski definition) is 0. The van der Waals surface area contributed by atoms with Crippen LogP contribution >= 0.6 is 11.6 Å². The first-order valence-electron chi connectivity index (χ1n) is 6.15. The zero-order valence-corrected chi connectivity index (χ0v) is 12.9. The number of alkyl halides is 1. The van der Waals surface area contributed by atoms with Crippen LogP contribution in [0.25, 0.3) is 0 Å². The summed E-state index contributed by atoms with van der Waals surface area (Å²) in [6, 6.07) is 7.29. The van der Waals surface area contributed by atoms with Crippen LogP contribution in [0.4, 0.5) is 0 Å². The third-order valence-electron chi connectivity index (χ3n) is 2.76. The Morgan fingerprint density at radius 2 is 1.79 bits per heavy atom. The highest BCUT2D eigenvalue weighted by Gasteiger charge is 2.18. The maximum Gasteiger partial charge on any atom is 0.218 e. The molecule has 19 heavy (non-hydrogen) atoms. The maximum absolute atomic E-state index is 12.1. The molecule has 1 rings (SSSR count). The number of rotatable bonds is 8. The van der Waals surface area contributed by atoms with E-state index < -0.39 is 10.0 Å². The largest absolute Gasteiger partial charge is 0.380 e. The van der Waals surface area contributed by atoms with Gasteiger partial charge in [-0.15, -0.1) is 11.6 Å². The van der Waals surface area contributed by atoms with E-state index in [9.17, 15) is 8.42 Å². The van der Waals surface area contributed by atoms with E-state index in [2.05, 4.69) is 0 Å². The van der Waals surface area contributed by atoms with E-state index in [1.807, 2.05) is 19.1 Å². The molecule has 0 aliphatic heterocycles. The average Bonchev–Trinajstić information content (AvgIpc) is 2.39. The minimum atomic E-state index is -3.29. The highest BCUT2D eigenvalue weighted by atomic mass is 35.5. The summed E-state index contributed by atoms with van der Waals surface area (Å²) >= 11 is 5.69. The lowest BCUT2D eigenvalue weighted by Crippen LogP contribution is -2.31. The third kappa shape index (κ3) is 5.48. The second-order valence-corrected chi connectivity index (χ2v) is 6.57. The average molecular weight is 306 g/mol. The molecule has 0 saturated heterocycles. The van der Waals surface area contributed by atoms with Crippen molar-refractivity contribution in [2.45, 2.75) is 18.6 Å². The second-order valence-electron chi connectivity index (χ2n) is 4.22. The van der Waals surface area contributed by atoms with E-state index in [4.69, 9.17) is 16.3 Å². The molecule has 0 heterocycles. The van der Waals surface area contributed by atoms with Crippen molar-refractivity contribution in [2.75, 3.05) is 26.8 Å². The van der Waals surface area contributed by atoms with E-state index in [1.165, 1.54) is 4.31 Å². The van der Waals surface area contributed by atoms with Gasteiger partial charge in [0, 0.05) is 26.1 Å². The SMILES string of the molecule is CCOCCN(C)S(=O)(=O)Cc1ccc(CCl)cc1. The molecule has 0 bridgehead atoms. The Labute approximate surface area is 120 Å². The van der Waals surface area contributed by atoms with Crippen molar-refractivity contribution >= 4 is 21.6 Å². The minimum absolute atomic E-state index is 0.00179. The zero-order chi connectivity index (χ0) is 14.3. The number of ether oxygens (including phenoxy) is 1. The predicted molar refractivity (Wildman–Crippen MR) is 77.7 cm³/mol. The van der Waals surface area contributed by atoms with Crippen LogP contribution in [0.5, 0.6) is 0 Å². The smallest absolute Gasteiger partial charge is 0.218 e. The van der Waals surface area contributed by atoms with Gasteiger partial charge in [-0.1, -0.05) is 24.3 Å². The first-order chi connectivity index (χ1) is 8.99. The Bertz CT molecular complexity index is 473. The van der Waals surface area contributed by atoms with Crippen molar-refractivity contribution in [2.24, 2.45) is 0 Å². The summed E-state index contributed by atoms with van der Waals surface area (Å²) in [6.45, 7) is 3.26. The van der Waals surface area contributed by atoms with E-state index in [0.29, 0.717) is 25.6 Å². The molecule has 108 valence electrons. The van der Waals surface area contributed by atoms with Gasteiger partial charge in [-0.2, -0.15) is 0 Å². The van der Waals surface area contributed by atoms with E-state index in [1.54, 1.807) is 19.2 Å². The fraction of sp³-hybridized carbons (Fsp3) is 0.538. The number of hydrogen-bond acceptors (Lipinski definition) is 3. The van der Waals surface area contributed by atoms with Gasteiger partial charge in [0.1, 0.15) is 0 Å². The molecule has 0 atom stereocenters. The second kappa shape index (κ2) is 7.85. The normalized spacial score (nSPS) is 12.0. The molecule has 0 fully saturated rings. The molecule has 1 aromatic carbocycles. The minimum Gasteiger partial charge on any atom is -0.380 e. The van der Waals surface area contributed by atoms with Crippen molar-refractivity contribution in [1.82, 2.24) is 4.31 Å². The Hall–Kier alpha value is -0.620. The molecule has 0 aliphatic rings. The van der Waals surface area contributed by atoms with Crippen molar-refractivity contribution in [3.8, 4) is 0 Å². The van der Waals surface area contributed by atoms with Crippen molar-refractivity contribution in [1.29, 1.82) is 0 Å². The first-order valence-corrected chi connectivity index (χ1v) is 8.29. The highest BCUT2D eigenvalue weighted by molar-refractivity contribution is 7.88. The maximum atomic E-state index is 12.1. The topological polar surface area (TPSA) is 46.6 Å². The van der Waals surface area contributed by atoms with Crippen LogP contribution in [0, 0.1) is 0 Å². The molecule has 0 aliphatic carbocycles. The summed E-state index contributed by atoms with van der Waals surface area (Å²) in [4.78, 5) is 0. The number of nitrogens with zero attached hydrogens (tertiary/aromatic N) is 1. The summed E-state index contributed by atoms with van der Waals surface area (Å²) in [5.74, 6) is 0.430. The van der Waals surface area contributed by atoms with Crippen LogP contribution in [-0.2, 0) is 26.4 Å². The first kappa shape index (κ1) is 16.4. The molecular formula is C13H20ClNO3S. The van der Waals surface area contributed by atoms with Gasteiger partial charge in [-0.05, 0) is 18.1 Å². The molecule has 0 amide bonds. The van der Waals surface area contributed by atoms with Gasteiger partial charge in [0.25, 0.3) is 0 Å². The highest BCUT2D eigenvalue weighted by Crippen LogP contribution is 2.12. The van der Waals surface area contributed by atoms with E-state index in [-0.39, 0.29) is 5.75 Å². The predicted octanol–water partition coefficient (Wildman–Crippen LogP) is 2.22. The molecule has 4 nitrogen and oxygen atoms in total. The number of sulfonamides is 1. The molecule has 0 aromatic heterocycles. The Kier molecular flexibility index (Phi) is 6.79. The summed E-state index contributed by atoms with van der Waals surface area (Å²) in [5.41, 5.74) is 1.74. The summed E-state index contributed by atoms with van der Waals surface area (Å²) in [6.07, 6.45) is 0. The van der Waals surface area contributed by atoms with Crippen molar-refractivity contribution in [3.05, 3.63) is 35.4 Å². The van der Waals surface area contributed by atoms with Gasteiger partial charge in [-0.25, -0.2) is 12.7 Å². The van der Waals surface area contributed by atoms with Crippen LogP contribution < -0.4 is 0 Å². The van der Waals surface area contributed by atoms with Crippen LogP contribution in [0.3, 0.4) is 0 Å². The fourth-order valence-electron chi connectivity index (χ4n) is 1.52. The molecular weight excluding hydrogens is 286 g/mol. The van der Waals surface area contributed by atoms with Crippen LogP contribution in [0.1, 0.15) is 18.1 Å². The summed E-state index contributed by atoms with van der Waals surface area (Å²) in [5, 5.41) is 0. The monoisotopic (exact) mass is 305 g/mol.